The summed E-state index contributed by atoms with van der Waals surface area (Å²) in [5.74, 6) is 0.478. The SMILES string of the molecule is CC(C)CC(C(=O)O)C(Cc1ccc(N2CCC(CN)CC2)nc1)c1nn[nH]n1. The van der Waals surface area contributed by atoms with Crippen LogP contribution in [0.1, 0.15) is 50.4 Å². The molecule has 3 heterocycles. The Morgan fingerprint density at radius 3 is 2.62 bits per heavy atom. The molecule has 1 saturated heterocycles. The van der Waals surface area contributed by atoms with Crippen molar-refractivity contribution >= 4 is 11.8 Å². The highest BCUT2D eigenvalue weighted by molar-refractivity contribution is 5.71. The van der Waals surface area contributed by atoms with Gasteiger partial charge in [0.05, 0.1) is 5.92 Å². The zero-order chi connectivity index (χ0) is 20.8. The number of rotatable bonds is 9. The topological polar surface area (TPSA) is 134 Å². The number of anilines is 1. The molecule has 4 N–H and O–H groups in total. The molecule has 1 aliphatic heterocycles. The third kappa shape index (κ3) is 5.50. The van der Waals surface area contributed by atoms with Gasteiger partial charge < -0.3 is 15.7 Å². The molecule has 0 spiro atoms. The Morgan fingerprint density at radius 1 is 1.34 bits per heavy atom. The predicted molar refractivity (Wildman–Crippen MR) is 109 cm³/mol. The van der Waals surface area contributed by atoms with Gasteiger partial charge in [-0.15, -0.1) is 10.2 Å². The molecule has 1 fully saturated rings. The molecule has 2 aromatic rings. The van der Waals surface area contributed by atoms with Crippen molar-refractivity contribution < 1.29 is 9.90 Å². The fourth-order valence-corrected chi connectivity index (χ4v) is 4.06. The number of hydrogen-bond acceptors (Lipinski definition) is 7. The van der Waals surface area contributed by atoms with Crippen molar-refractivity contribution in [2.45, 2.75) is 45.4 Å². The van der Waals surface area contributed by atoms with E-state index in [9.17, 15) is 9.90 Å². The minimum absolute atomic E-state index is 0.252. The molecule has 0 radical (unpaired) electrons. The van der Waals surface area contributed by atoms with Gasteiger partial charge in [0.15, 0.2) is 5.82 Å². The lowest BCUT2D eigenvalue weighted by molar-refractivity contribution is -0.143. The number of aromatic nitrogens is 5. The van der Waals surface area contributed by atoms with E-state index in [1.165, 1.54) is 0 Å². The van der Waals surface area contributed by atoms with E-state index in [1.54, 1.807) is 0 Å². The summed E-state index contributed by atoms with van der Waals surface area (Å²) < 4.78 is 0. The number of aromatic amines is 1. The fourth-order valence-electron chi connectivity index (χ4n) is 4.06. The second-order valence-corrected chi connectivity index (χ2v) is 8.35. The van der Waals surface area contributed by atoms with Crippen molar-refractivity contribution in [3.63, 3.8) is 0 Å². The lowest BCUT2D eigenvalue weighted by Crippen LogP contribution is -2.36. The van der Waals surface area contributed by atoms with E-state index in [2.05, 4.69) is 30.5 Å². The van der Waals surface area contributed by atoms with Gasteiger partial charge in [-0.05, 0) is 55.7 Å². The first-order chi connectivity index (χ1) is 14.0. The molecule has 0 aliphatic carbocycles. The van der Waals surface area contributed by atoms with Crippen molar-refractivity contribution in [2.75, 3.05) is 24.5 Å². The first-order valence-electron chi connectivity index (χ1n) is 10.3. The number of piperidine rings is 1. The summed E-state index contributed by atoms with van der Waals surface area (Å²) in [7, 11) is 0. The number of carboxylic acid groups (broad SMARTS) is 1. The standard InChI is InChI=1S/C20H31N7O2/c1-13(2)9-17(20(28)29)16(19-23-25-26-24-19)10-15-3-4-18(22-12-15)27-7-5-14(11-21)6-8-27/h3-4,12-14,16-17H,5-11,21H2,1-2H3,(H,28,29)(H,23,24,25,26). The minimum Gasteiger partial charge on any atom is -0.481 e. The van der Waals surface area contributed by atoms with Crippen LogP contribution in [0.25, 0.3) is 0 Å². The van der Waals surface area contributed by atoms with Crippen LogP contribution in [-0.4, -0.2) is 56.3 Å². The highest BCUT2D eigenvalue weighted by Crippen LogP contribution is 2.31. The van der Waals surface area contributed by atoms with Crippen LogP contribution in [-0.2, 0) is 11.2 Å². The fraction of sp³-hybridized carbons (Fsp3) is 0.650. The third-order valence-electron chi connectivity index (χ3n) is 5.76. The summed E-state index contributed by atoms with van der Waals surface area (Å²) >= 11 is 0. The average Bonchev–Trinajstić information content (AvgIpc) is 3.25. The average molecular weight is 402 g/mol. The molecule has 1 aliphatic rings. The monoisotopic (exact) mass is 401 g/mol. The Bertz CT molecular complexity index is 756. The molecule has 29 heavy (non-hydrogen) atoms. The molecule has 3 rings (SSSR count). The van der Waals surface area contributed by atoms with E-state index in [4.69, 9.17) is 5.73 Å². The third-order valence-corrected chi connectivity index (χ3v) is 5.76. The quantitative estimate of drug-likeness (QED) is 0.579. The van der Waals surface area contributed by atoms with Gasteiger partial charge in [-0.1, -0.05) is 25.1 Å². The van der Waals surface area contributed by atoms with Crippen LogP contribution in [0.3, 0.4) is 0 Å². The maximum Gasteiger partial charge on any atom is 0.307 e. The number of nitrogens with zero attached hydrogens (tertiary/aromatic N) is 5. The molecule has 9 nitrogen and oxygen atoms in total. The molecule has 2 aromatic heterocycles. The highest BCUT2D eigenvalue weighted by atomic mass is 16.4. The zero-order valence-corrected chi connectivity index (χ0v) is 17.2. The van der Waals surface area contributed by atoms with E-state index >= 15 is 0 Å². The van der Waals surface area contributed by atoms with Gasteiger partial charge in [0.1, 0.15) is 5.82 Å². The number of carboxylic acids is 1. The second kappa shape index (κ2) is 9.78. The number of tetrazole rings is 1. The lowest BCUT2D eigenvalue weighted by atomic mass is 9.81. The smallest absolute Gasteiger partial charge is 0.307 e. The Labute approximate surface area is 171 Å². The van der Waals surface area contributed by atoms with Crippen molar-refractivity contribution in [1.29, 1.82) is 0 Å². The zero-order valence-electron chi connectivity index (χ0n) is 17.2. The number of hydrogen-bond donors (Lipinski definition) is 3. The van der Waals surface area contributed by atoms with Crippen LogP contribution >= 0.6 is 0 Å². The molecule has 158 valence electrons. The van der Waals surface area contributed by atoms with E-state index in [0.29, 0.717) is 24.6 Å². The molecule has 2 atom stereocenters. The van der Waals surface area contributed by atoms with E-state index < -0.39 is 11.9 Å². The summed E-state index contributed by atoms with van der Waals surface area (Å²) in [5, 5.41) is 24.1. The molecule has 0 amide bonds. The van der Waals surface area contributed by atoms with E-state index in [-0.39, 0.29) is 11.8 Å². The van der Waals surface area contributed by atoms with Gasteiger partial charge >= 0.3 is 5.97 Å². The van der Waals surface area contributed by atoms with Gasteiger partial charge in [-0.25, -0.2) is 4.98 Å². The maximum absolute atomic E-state index is 12.0. The van der Waals surface area contributed by atoms with Crippen molar-refractivity contribution in [3.05, 3.63) is 29.7 Å². The number of aliphatic carboxylic acids is 1. The Morgan fingerprint density at radius 2 is 2.10 bits per heavy atom. The number of pyridine rings is 1. The summed E-state index contributed by atoms with van der Waals surface area (Å²) in [4.78, 5) is 18.9. The number of H-pyrrole nitrogens is 1. The number of carbonyl (C=O) groups is 1. The normalized spacial score (nSPS) is 17.4. The van der Waals surface area contributed by atoms with Gasteiger partial charge in [-0.2, -0.15) is 5.21 Å². The number of nitrogens with one attached hydrogen (secondary N) is 1. The van der Waals surface area contributed by atoms with Crippen molar-refractivity contribution in [1.82, 2.24) is 25.6 Å². The Hall–Kier alpha value is -2.55. The highest BCUT2D eigenvalue weighted by Gasteiger charge is 2.33. The predicted octanol–water partition coefficient (Wildman–Crippen LogP) is 1.84. The summed E-state index contributed by atoms with van der Waals surface area (Å²) in [5.41, 5.74) is 6.74. The first kappa shape index (κ1) is 21.2. The van der Waals surface area contributed by atoms with Crippen LogP contribution in [0.4, 0.5) is 5.82 Å². The van der Waals surface area contributed by atoms with Gasteiger partial charge in [0, 0.05) is 25.2 Å². The van der Waals surface area contributed by atoms with Crippen molar-refractivity contribution in [3.8, 4) is 0 Å². The van der Waals surface area contributed by atoms with Gasteiger partial charge in [0.2, 0.25) is 0 Å². The van der Waals surface area contributed by atoms with Crippen LogP contribution in [0.15, 0.2) is 18.3 Å². The molecule has 0 bridgehead atoms. The van der Waals surface area contributed by atoms with Crippen molar-refractivity contribution in [2.24, 2.45) is 23.5 Å². The number of nitrogens with two attached hydrogens (primary N) is 1. The van der Waals surface area contributed by atoms with Crippen LogP contribution in [0.2, 0.25) is 0 Å². The molecule has 2 unspecified atom stereocenters. The van der Waals surface area contributed by atoms with Gasteiger partial charge in [-0.3, -0.25) is 4.79 Å². The van der Waals surface area contributed by atoms with Crippen LogP contribution < -0.4 is 10.6 Å². The second-order valence-electron chi connectivity index (χ2n) is 8.35. The molecule has 0 aromatic carbocycles. The Balaban J connectivity index is 1.73. The molecular formula is C20H31N7O2. The Kier molecular flexibility index (Phi) is 7.13. The summed E-state index contributed by atoms with van der Waals surface area (Å²) in [6.45, 7) is 6.73. The first-order valence-corrected chi connectivity index (χ1v) is 10.3. The molecule has 9 heteroatoms. The van der Waals surface area contributed by atoms with Crippen LogP contribution in [0.5, 0.6) is 0 Å². The van der Waals surface area contributed by atoms with Gasteiger partial charge in [0.25, 0.3) is 0 Å². The maximum atomic E-state index is 12.0. The molecular weight excluding hydrogens is 370 g/mol. The van der Waals surface area contributed by atoms with E-state index in [1.807, 2.05) is 32.2 Å². The summed E-state index contributed by atoms with van der Waals surface area (Å²) in [6.07, 6.45) is 5.08. The van der Waals surface area contributed by atoms with E-state index in [0.717, 1.165) is 43.9 Å². The minimum atomic E-state index is -0.833. The van der Waals surface area contributed by atoms with Crippen LogP contribution in [0, 0.1) is 17.8 Å². The molecule has 0 saturated carbocycles. The largest absolute Gasteiger partial charge is 0.481 e. The summed E-state index contributed by atoms with van der Waals surface area (Å²) in [6, 6.07) is 4.04. The lowest BCUT2D eigenvalue weighted by Gasteiger charge is -2.32.